The highest BCUT2D eigenvalue weighted by Crippen LogP contribution is 2.25. The van der Waals surface area contributed by atoms with Gasteiger partial charge in [0.2, 0.25) is 0 Å². The molecule has 70 valence electrons. The molecule has 0 unspecified atom stereocenters. The van der Waals surface area contributed by atoms with Gasteiger partial charge in [0, 0.05) is 12.0 Å². The third kappa shape index (κ3) is 1.47. The van der Waals surface area contributed by atoms with Gasteiger partial charge in [0.15, 0.2) is 12.4 Å². The van der Waals surface area contributed by atoms with E-state index in [1.165, 1.54) is 0 Å². The predicted molar refractivity (Wildman–Crippen MR) is 50.2 cm³/mol. The summed E-state index contributed by atoms with van der Waals surface area (Å²) >= 11 is 0. The molecule has 0 amide bonds. The lowest BCUT2D eigenvalue weighted by molar-refractivity contribution is 0.0994. The SMILES string of the molecule is N#CCOc1ccc2c(c1)C(=O)CC2. The van der Waals surface area contributed by atoms with Crippen molar-refractivity contribution in [3.8, 4) is 11.8 Å². The first-order chi connectivity index (χ1) is 6.81. The van der Waals surface area contributed by atoms with E-state index in [0.717, 1.165) is 17.5 Å². The van der Waals surface area contributed by atoms with E-state index in [-0.39, 0.29) is 12.4 Å². The number of Topliss-reactive ketones (excluding diaryl/α,β-unsaturated/α-hetero) is 1. The van der Waals surface area contributed by atoms with Gasteiger partial charge in [0.25, 0.3) is 0 Å². The molecule has 0 N–H and O–H groups in total. The summed E-state index contributed by atoms with van der Waals surface area (Å²) in [7, 11) is 0. The standard InChI is InChI=1S/C11H9NO2/c12-5-6-14-9-3-1-8-2-4-11(13)10(8)7-9/h1,3,7H,2,4,6H2. The van der Waals surface area contributed by atoms with Gasteiger partial charge < -0.3 is 4.74 Å². The van der Waals surface area contributed by atoms with Gasteiger partial charge >= 0.3 is 0 Å². The van der Waals surface area contributed by atoms with Crippen molar-refractivity contribution in [1.29, 1.82) is 5.26 Å². The van der Waals surface area contributed by atoms with E-state index in [4.69, 9.17) is 10.00 Å². The number of aryl methyl sites for hydroxylation is 1. The van der Waals surface area contributed by atoms with Crippen LogP contribution in [0.25, 0.3) is 0 Å². The minimum Gasteiger partial charge on any atom is -0.479 e. The van der Waals surface area contributed by atoms with Crippen LogP contribution in [0.3, 0.4) is 0 Å². The lowest BCUT2D eigenvalue weighted by Gasteiger charge is -2.03. The van der Waals surface area contributed by atoms with Crippen molar-refractivity contribution < 1.29 is 9.53 Å². The van der Waals surface area contributed by atoms with Crippen LogP contribution in [0.1, 0.15) is 22.3 Å². The van der Waals surface area contributed by atoms with Crippen molar-refractivity contribution in [2.45, 2.75) is 12.8 Å². The lowest BCUT2D eigenvalue weighted by Crippen LogP contribution is -1.96. The lowest BCUT2D eigenvalue weighted by atomic mass is 10.1. The second kappa shape index (κ2) is 3.51. The number of hydrogen-bond donors (Lipinski definition) is 0. The summed E-state index contributed by atoms with van der Waals surface area (Å²) in [6.45, 7) is 0.0208. The number of carbonyl (C=O) groups is 1. The fourth-order valence-electron chi connectivity index (χ4n) is 1.62. The van der Waals surface area contributed by atoms with Gasteiger partial charge in [-0.1, -0.05) is 6.07 Å². The molecule has 0 radical (unpaired) electrons. The fraction of sp³-hybridized carbons (Fsp3) is 0.273. The molecule has 0 atom stereocenters. The van der Waals surface area contributed by atoms with Crippen LogP contribution in [0, 0.1) is 11.3 Å². The van der Waals surface area contributed by atoms with Crippen LogP contribution in [0.5, 0.6) is 5.75 Å². The van der Waals surface area contributed by atoms with Crippen LogP contribution >= 0.6 is 0 Å². The van der Waals surface area contributed by atoms with Crippen LogP contribution in [0.15, 0.2) is 18.2 Å². The van der Waals surface area contributed by atoms with E-state index in [9.17, 15) is 4.79 Å². The van der Waals surface area contributed by atoms with Gasteiger partial charge in [0.1, 0.15) is 11.8 Å². The Hall–Kier alpha value is -1.82. The highest BCUT2D eigenvalue weighted by Gasteiger charge is 2.19. The fourth-order valence-corrected chi connectivity index (χ4v) is 1.62. The molecule has 0 saturated carbocycles. The summed E-state index contributed by atoms with van der Waals surface area (Å²) in [4.78, 5) is 11.4. The number of rotatable bonds is 2. The first-order valence-electron chi connectivity index (χ1n) is 4.47. The Labute approximate surface area is 81.9 Å². The van der Waals surface area contributed by atoms with Crippen LogP contribution in [0.4, 0.5) is 0 Å². The molecule has 1 aliphatic rings. The second-order valence-electron chi connectivity index (χ2n) is 3.19. The number of nitriles is 1. The number of fused-ring (bicyclic) bond motifs is 1. The maximum absolute atomic E-state index is 11.4. The van der Waals surface area contributed by atoms with Crippen LogP contribution in [-0.2, 0) is 6.42 Å². The van der Waals surface area contributed by atoms with E-state index < -0.39 is 0 Å². The summed E-state index contributed by atoms with van der Waals surface area (Å²) in [5, 5.41) is 8.33. The molecule has 0 bridgehead atoms. The number of benzene rings is 1. The highest BCUT2D eigenvalue weighted by molar-refractivity contribution is 6.00. The molecule has 1 aromatic rings. The zero-order valence-corrected chi connectivity index (χ0v) is 7.62. The minimum atomic E-state index is 0.0208. The summed E-state index contributed by atoms with van der Waals surface area (Å²) in [5.41, 5.74) is 1.83. The molecular formula is C11H9NO2. The second-order valence-corrected chi connectivity index (χ2v) is 3.19. The zero-order valence-electron chi connectivity index (χ0n) is 7.62. The molecule has 1 aliphatic carbocycles. The molecule has 3 nitrogen and oxygen atoms in total. The molecule has 1 aromatic carbocycles. The minimum absolute atomic E-state index is 0.0208. The van der Waals surface area contributed by atoms with Crippen LogP contribution in [-0.4, -0.2) is 12.4 Å². The van der Waals surface area contributed by atoms with E-state index >= 15 is 0 Å². The highest BCUT2D eigenvalue weighted by atomic mass is 16.5. The quantitative estimate of drug-likeness (QED) is 0.708. The van der Waals surface area contributed by atoms with Gasteiger partial charge in [-0.15, -0.1) is 0 Å². The summed E-state index contributed by atoms with van der Waals surface area (Å²) in [6.07, 6.45) is 1.42. The largest absolute Gasteiger partial charge is 0.479 e. The maximum Gasteiger partial charge on any atom is 0.174 e. The van der Waals surface area contributed by atoms with Gasteiger partial charge in [-0.2, -0.15) is 5.26 Å². The monoisotopic (exact) mass is 187 g/mol. The van der Waals surface area contributed by atoms with Crippen molar-refractivity contribution in [3.05, 3.63) is 29.3 Å². The van der Waals surface area contributed by atoms with E-state index in [1.807, 2.05) is 12.1 Å². The predicted octanol–water partition coefficient (Wildman–Crippen LogP) is 1.72. The first-order valence-corrected chi connectivity index (χ1v) is 4.47. The normalized spacial score (nSPS) is 13.5. The van der Waals surface area contributed by atoms with Crippen molar-refractivity contribution in [2.75, 3.05) is 6.61 Å². The van der Waals surface area contributed by atoms with E-state index in [0.29, 0.717) is 12.2 Å². The molecular weight excluding hydrogens is 178 g/mol. The Balaban J connectivity index is 2.27. The first kappa shape index (κ1) is 8.76. The zero-order chi connectivity index (χ0) is 9.97. The maximum atomic E-state index is 11.4. The Kier molecular flexibility index (Phi) is 2.19. The topological polar surface area (TPSA) is 50.1 Å². The van der Waals surface area contributed by atoms with Crippen LogP contribution in [0.2, 0.25) is 0 Å². The van der Waals surface area contributed by atoms with E-state index in [1.54, 1.807) is 12.1 Å². The average Bonchev–Trinajstić information content (AvgIpc) is 2.57. The summed E-state index contributed by atoms with van der Waals surface area (Å²) < 4.78 is 5.12. The molecule has 0 fully saturated rings. The van der Waals surface area contributed by atoms with Crippen molar-refractivity contribution >= 4 is 5.78 Å². The Morgan fingerprint density at radius 3 is 3.07 bits per heavy atom. The number of carbonyl (C=O) groups excluding carboxylic acids is 1. The Morgan fingerprint density at radius 2 is 2.29 bits per heavy atom. The number of ketones is 1. The third-order valence-electron chi connectivity index (χ3n) is 2.31. The van der Waals surface area contributed by atoms with Crippen molar-refractivity contribution in [2.24, 2.45) is 0 Å². The molecule has 2 rings (SSSR count). The van der Waals surface area contributed by atoms with Crippen molar-refractivity contribution in [3.63, 3.8) is 0 Å². The van der Waals surface area contributed by atoms with Crippen LogP contribution < -0.4 is 4.74 Å². The Bertz CT molecular complexity index is 418. The summed E-state index contributed by atoms with van der Waals surface area (Å²) in [6, 6.07) is 7.31. The Morgan fingerprint density at radius 1 is 1.43 bits per heavy atom. The smallest absolute Gasteiger partial charge is 0.174 e. The van der Waals surface area contributed by atoms with Gasteiger partial charge in [0.05, 0.1) is 0 Å². The number of hydrogen-bond acceptors (Lipinski definition) is 3. The third-order valence-corrected chi connectivity index (χ3v) is 2.31. The average molecular weight is 187 g/mol. The van der Waals surface area contributed by atoms with Gasteiger partial charge in [-0.3, -0.25) is 4.79 Å². The van der Waals surface area contributed by atoms with Gasteiger partial charge in [-0.25, -0.2) is 0 Å². The molecule has 3 heteroatoms. The van der Waals surface area contributed by atoms with Crippen molar-refractivity contribution in [1.82, 2.24) is 0 Å². The molecule has 0 aromatic heterocycles. The molecule has 0 saturated heterocycles. The molecule has 14 heavy (non-hydrogen) atoms. The molecule has 0 aliphatic heterocycles. The molecule has 0 spiro atoms. The van der Waals surface area contributed by atoms with E-state index in [2.05, 4.69) is 0 Å². The number of ether oxygens (including phenoxy) is 1. The number of nitrogens with zero attached hydrogens (tertiary/aromatic N) is 1. The summed E-state index contributed by atoms with van der Waals surface area (Å²) in [5.74, 6) is 0.767. The van der Waals surface area contributed by atoms with Gasteiger partial charge in [-0.05, 0) is 24.1 Å². The molecule has 0 heterocycles.